The molecule has 2 aromatic rings. The molecule has 0 bridgehead atoms. The lowest BCUT2D eigenvalue weighted by molar-refractivity contribution is 0.00557. The summed E-state index contributed by atoms with van der Waals surface area (Å²) in [5.74, 6) is 0.920. The molecule has 1 aliphatic rings. The quantitative estimate of drug-likeness (QED) is 0.807. The molecule has 0 radical (unpaired) electrons. The van der Waals surface area contributed by atoms with Gasteiger partial charge in [-0.2, -0.15) is 0 Å². The summed E-state index contributed by atoms with van der Waals surface area (Å²) in [6.45, 7) is 5.09. The molecule has 0 saturated carbocycles. The highest BCUT2D eigenvalue weighted by atomic mass is 16.5. The fourth-order valence-corrected chi connectivity index (χ4v) is 3.04. The molecule has 0 aliphatic carbocycles. The highest BCUT2D eigenvalue weighted by molar-refractivity contribution is 5.30. The van der Waals surface area contributed by atoms with Crippen molar-refractivity contribution in [2.45, 2.75) is 38.6 Å². The van der Waals surface area contributed by atoms with Gasteiger partial charge in [-0.25, -0.2) is 0 Å². The molecule has 1 aliphatic heterocycles. The van der Waals surface area contributed by atoms with Gasteiger partial charge in [0.2, 0.25) is 0 Å². The average molecular weight is 311 g/mol. The van der Waals surface area contributed by atoms with Gasteiger partial charge in [0.1, 0.15) is 18.1 Å². The highest BCUT2D eigenvalue weighted by Crippen LogP contribution is 2.41. The van der Waals surface area contributed by atoms with Gasteiger partial charge in [0, 0.05) is 6.04 Å². The summed E-state index contributed by atoms with van der Waals surface area (Å²) >= 11 is 0. The molecule has 23 heavy (non-hydrogen) atoms. The van der Waals surface area contributed by atoms with Crippen molar-refractivity contribution in [1.29, 1.82) is 0 Å². The van der Waals surface area contributed by atoms with Crippen LogP contribution in [0.3, 0.4) is 0 Å². The van der Waals surface area contributed by atoms with Gasteiger partial charge in [0.25, 0.3) is 0 Å². The van der Waals surface area contributed by atoms with Gasteiger partial charge in [-0.15, -0.1) is 0 Å². The first-order valence-electron chi connectivity index (χ1n) is 8.36. The van der Waals surface area contributed by atoms with Crippen LogP contribution in [0.15, 0.2) is 54.6 Å². The van der Waals surface area contributed by atoms with Crippen LogP contribution in [0.1, 0.15) is 43.7 Å². The van der Waals surface area contributed by atoms with Crippen LogP contribution in [0, 0.1) is 0 Å². The second-order valence-electron chi connectivity index (χ2n) is 6.14. The Morgan fingerprint density at radius 2 is 1.70 bits per heavy atom. The zero-order valence-corrected chi connectivity index (χ0v) is 14.1. The Kier molecular flexibility index (Phi) is 4.99. The number of hydrogen-bond donors (Lipinski definition) is 0. The molecule has 1 heterocycles. The van der Waals surface area contributed by atoms with E-state index in [9.17, 15) is 0 Å². The third kappa shape index (κ3) is 3.41. The van der Waals surface area contributed by atoms with Crippen LogP contribution < -0.4 is 4.74 Å². The monoisotopic (exact) mass is 311 g/mol. The maximum absolute atomic E-state index is 6.36. The summed E-state index contributed by atoms with van der Waals surface area (Å²) in [5, 5.41) is 0. The molecule has 0 spiro atoms. The summed E-state index contributed by atoms with van der Waals surface area (Å²) in [6, 6.07) is 19.1. The van der Waals surface area contributed by atoms with E-state index in [4.69, 9.17) is 9.47 Å². The first-order valence-corrected chi connectivity index (χ1v) is 8.36. The molecule has 0 unspecified atom stereocenters. The summed E-state index contributed by atoms with van der Waals surface area (Å²) in [5.41, 5.74) is 2.40. The van der Waals surface area contributed by atoms with E-state index in [0.717, 1.165) is 18.8 Å². The molecule has 1 fully saturated rings. The molecule has 0 amide bonds. The molecule has 3 rings (SSSR count). The number of ether oxygens (including phenoxy) is 2. The van der Waals surface area contributed by atoms with Crippen molar-refractivity contribution in [2.24, 2.45) is 0 Å². The Balaban J connectivity index is 1.75. The normalized spacial score (nSPS) is 24.7. The van der Waals surface area contributed by atoms with Gasteiger partial charge in [-0.05, 0) is 43.7 Å². The standard InChI is InChI=1S/C20H25NO2/c1-4-14-22-18-12-10-17(11-13-18)20-21(3)15(2)19(23-20)16-8-6-5-7-9-16/h5-13,15,19-20H,4,14H2,1-3H3/t15-,19-,20-/m0/s1. The fraction of sp³-hybridized carbons (Fsp3) is 0.400. The molecule has 3 heteroatoms. The number of hydrogen-bond acceptors (Lipinski definition) is 3. The van der Waals surface area contributed by atoms with Crippen LogP contribution in [0.5, 0.6) is 5.75 Å². The third-order valence-corrected chi connectivity index (χ3v) is 4.49. The van der Waals surface area contributed by atoms with E-state index in [-0.39, 0.29) is 12.3 Å². The SMILES string of the molecule is CCCOc1ccc([C@@H]2O[C@H](c3ccccc3)[C@H](C)N2C)cc1. The Bertz CT molecular complexity index is 611. The van der Waals surface area contributed by atoms with Crippen LogP contribution in [-0.4, -0.2) is 24.6 Å². The molecular formula is C20H25NO2. The number of likely N-dealkylation sites (N-methyl/N-ethyl adjacent to an activating group) is 1. The van der Waals surface area contributed by atoms with Crippen molar-refractivity contribution < 1.29 is 9.47 Å². The first-order chi connectivity index (χ1) is 11.2. The van der Waals surface area contributed by atoms with Crippen LogP contribution in [0.2, 0.25) is 0 Å². The first kappa shape index (κ1) is 16.0. The highest BCUT2D eigenvalue weighted by Gasteiger charge is 2.38. The zero-order chi connectivity index (χ0) is 16.2. The average Bonchev–Trinajstić information content (AvgIpc) is 2.90. The van der Waals surface area contributed by atoms with Gasteiger partial charge < -0.3 is 9.47 Å². The maximum Gasteiger partial charge on any atom is 0.137 e. The van der Waals surface area contributed by atoms with Crippen molar-refractivity contribution >= 4 is 0 Å². The zero-order valence-electron chi connectivity index (χ0n) is 14.1. The van der Waals surface area contributed by atoms with Crippen molar-refractivity contribution in [3.63, 3.8) is 0 Å². The Labute approximate surface area is 138 Å². The van der Waals surface area contributed by atoms with Crippen molar-refractivity contribution in [3.05, 3.63) is 65.7 Å². The lowest BCUT2D eigenvalue weighted by atomic mass is 10.0. The largest absolute Gasteiger partial charge is 0.494 e. The van der Waals surface area contributed by atoms with Crippen LogP contribution in [0.4, 0.5) is 0 Å². The van der Waals surface area contributed by atoms with E-state index >= 15 is 0 Å². The van der Waals surface area contributed by atoms with Crippen molar-refractivity contribution in [1.82, 2.24) is 4.90 Å². The summed E-state index contributed by atoms with van der Waals surface area (Å²) in [4.78, 5) is 2.29. The molecule has 2 aromatic carbocycles. The predicted octanol–water partition coefficient (Wildman–Crippen LogP) is 4.57. The number of nitrogens with zero attached hydrogens (tertiary/aromatic N) is 1. The lowest BCUT2D eigenvalue weighted by Gasteiger charge is -2.21. The maximum atomic E-state index is 6.36. The molecule has 122 valence electrons. The molecule has 0 aromatic heterocycles. The van der Waals surface area contributed by atoms with Gasteiger partial charge in [-0.1, -0.05) is 49.4 Å². The second kappa shape index (κ2) is 7.16. The predicted molar refractivity (Wildman–Crippen MR) is 92.5 cm³/mol. The summed E-state index contributed by atoms with van der Waals surface area (Å²) in [7, 11) is 2.12. The van der Waals surface area contributed by atoms with E-state index < -0.39 is 0 Å². The second-order valence-corrected chi connectivity index (χ2v) is 6.14. The van der Waals surface area contributed by atoms with Crippen LogP contribution >= 0.6 is 0 Å². The van der Waals surface area contributed by atoms with Gasteiger partial charge in [0.05, 0.1) is 6.61 Å². The van der Waals surface area contributed by atoms with E-state index in [1.54, 1.807) is 0 Å². The summed E-state index contributed by atoms with van der Waals surface area (Å²) < 4.78 is 12.0. The molecule has 3 nitrogen and oxygen atoms in total. The molecule has 1 saturated heterocycles. The Hall–Kier alpha value is -1.84. The topological polar surface area (TPSA) is 21.7 Å². The molecule has 3 atom stereocenters. The van der Waals surface area contributed by atoms with Gasteiger partial charge in [0.15, 0.2) is 0 Å². The minimum atomic E-state index is -0.0181. The Morgan fingerprint density at radius 1 is 1.00 bits per heavy atom. The van der Waals surface area contributed by atoms with E-state index in [1.807, 2.05) is 18.2 Å². The molecular weight excluding hydrogens is 286 g/mol. The van der Waals surface area contributed by atoms with Crippen LogP contribution in [0.25, 0.3) is 0 Å². The molecule has 0 N–H and O–H groups in total. The smallest absolute Gasteiger partial charge is 0.137 e. The minimum Gasteiger partial charge on any atom is -0.494 e. The number of benzene rings is 2. The fourth-order valence-electron chi connectivity index (χ4n) is 3.04. The third-order valence-electron chi connectivity index (χ3n) is 4.49. The number of rotatable bonds is 5. The van der Waals surface area contributed by atoms with E-state index in [1.165, 1.54) is 11.1 Å². The van der Waals surface area contributed by atoms with Crippen molar-refractivity contribution in [2.75, 3.05) is 13.7 Å². The Morgan fingerprint density at radius 3 is 2.35 bits per heavy atom. The summed E-state index contributed by atoms with van der Waals surface area (Å²) in [6.07, 6.45) is 1.10. The van der Waals surface area contributed by atoms with Crippen molar-refractivity contribution in [3.8, 4) is 5.75 Å². The minimum absolute atomic E-state index is 0.0181. The van der Waals surface area contributed by atoms with Gasteiger partial charge >= 0.3 is 0 Å². The lowest BCUT2D eigenvalue weighted by Crippen LogP contribution is -2.27. The van der Waals surface area contributed by atoms with E-state index in [0.29, 0.717) is 6.04 Å². The van der Waals surface area contributed by atoms with Crippen LogP contribution in [-0.2, 0) is 4.74 Å². The van der Waals surface area contributed by atoms with E-state index in [2.05, 4.69) is 62.2 Å². The van der Waals surface area contributed by atoms with Gasteiger partial charge in [-0.3, -0.25) is 4.90 Å².